The summed E-state index contributed by atoms with van der Waals surface area (Å²) < 4.78 is 21.5. The molecule has 0 saturated carbocycles. The van der Waals surface area contributed by atoms with Crippen molar-refractivity contribution in [3.05, 3.63) is 23.2 Å². The molecular weight excluding hydrogens is 432 g/mol. The molecule has 0 bridgehead atoms. The highest BCUT2D eigenvalue weighted by molar-refractivity contribution is 7.17. The minimum absolute atomic E-state index is 0.216. The first-order valence-electron chi connectivity index (χ1n) is 10.8. The maximum absolute atomic E-state index is 12.8. The maximum Gasteiger partial charge on any atom is 0.267 e. The Morgan fingerprint density at radius 3 is 2.31 bits per heavy atom. The average Bonchev–Trinajstić information content (AvgIpc) is 3.34. The summed E-state index contributed by atoms with van der Waals surface area (Å²) in [5, 5.41) is 3.79. The van der Waals surface area contributed by atoms with Crippen LogP contribution in [0.25, 0.3) is 0 Å². The Labute approximate surface area is 192 Å². The summed E-state index contributed by atoms with van der Waals surface area (Å²) in [5.41, 5.74) is 0.561. The molecule has 4 rings (SSSR count). The molecule has 2 aliphatic rings. The summed E-state index contributed by atoms with van der Waals surface area (Å²) in [6.45, 7) is 5.60. The van der Waals surface area contributed by atoms with Gasteiger partial charge in [-0.2, -0.15) is 0 Å². The van der Waals surface area contributed by atoms with Gasteiger partial charge in [0.1, 0.15) is 4.88 Å². The predicted molar refractivity (Wildman–Crippen MR) is 124 cm³/mol. The van der Waals surface area contributed by atoms with Crippen LogP contribution in [0.1, 0.15) is 22.5 Å². The number of hydrogen-bond acceptors (Lipinski definition) is 9. The number of morpholine rings is 1. The van der Waals surface area contributed by atoms with Gasteiger partial charge in [0, 0.05) is 50.0 Å². The lowest BCUT2D eigenvalue weighted by atomic mass is 10.0. The molecule has 2 saturated heterocycles. The van der Waals surface area contributed by atoms with Crippen LogP contribution < -0.4 is 24.4 Å². The number of amides is 1. The summed E-state index contributed by atoms with van der Waals surface area (Å²) in [6, 6.07) is 4.02. The number of hydrogen-bond donors (Lipinski definition) is 1. The third kappa shape index (κ3) is 4.92. The highest BCUT2D eigenvalue weighted by Crippen LogP contribution is 2.40. The Balaban J connectivity index is 1.38. The molecule has 1 aromatic carbocycles. The number of nitrogens with one attached hydrogen (secondary N) is 1. The lowest BCUT2D eigenvalue weighted by molar-refractivity contribution is 0.0115. The molecule has 2 fully saturated rings. The number of piperidine rings is 1. The van der Waals surface area contributed by atoms with Crippen molar-refractivity contribution in [1.29, 1.82) is 0 Å². The fourth-order valence-corrected chi connectivity index (χ4v) is 5.09. The Kier molecular flexibility index (Phi) is 7.33. The summed E-state index contributed by atoms with van der Waals surface area (Å²) in [7, 11) is 4.63. The van der Waals surface area contributed by atoms with E-state index in [-0.39, 0.29) is 5.91 Å². The molecule has 10 heteroatoms. The van der Waals surface area contributed by atoms with E-state index in [1.54, 1.807) is 39.7 Å². The summed E-state index contributed by atoms with van der Waals surface area (Å²) in [4.78, 5) is 22.7. The van der Waals surface area contributed by atoms with Crippen molar-refractivity contribution in [2.24, 2.45) is 0 Å². The van der Waals surface area contributed by atoms with Gasteiger partial charge >= 0.3 is 0 Å². The van der Waals surface area contributed by atoms with Crippen molar-refractivity contribution in [3.63, 3.8) is 0 Å². The largest absolute Gasteiger partial charge is 0.493 e. The van der Waals surface area contributed by atoms with Crippen molar-refractivity contribution < 1.29 is 23.7 Å². The number of benzene rings is 1. The van der Waals surface area contributed by atoms with E-state index in [1.165, 1.54) is 11.3 Å². The first-order chi connectivity index (χ1) is 15.6. The van der Waals surface area contributed by atoms with E-state index in [4.69, 9.17) is 18.9 Å². The first kappa shape index (κ1) is 22.6. The van der Waals surface area contributed by atoms with Gasteiger partial charge in [-0.3, -0.25) is 9.69 Å². The molecule has 0 atom stereocenters. The van der Waals surface area contributed by atoms with Crippen LogP contribution in [0.4, 0.5) is 10.8 Å². The smallest absolute Gasteiger partial charge is 0.267 e. The Morgan fingerprint density at radius 1 is 1.06 bits per heavy atom. The Morgan fingerprint density at radius 2 is 1.72 bits per heavy atom. The number of carbonyl (C=O) groups is 1. The molecule has 2 aromatic rings. The lowest BCUT2D eigenvalue weighted by Crippen LogP contribution is -2.49. The molecule has 1 aromatic heterocycles. The van der Waals surface area contributed by atoms with Crippen LogP contribution in [-0.2, 0) is 4.74 Å². The number of ether oxygens (including phenoxy) is 4. The van der Waals surface area contributed by atoms with Crippen molar-refractivity contribution in [3.8, 4) is 17.2 Å². The number of carbonyl (C=O) groups excluding carboxylic acids is 1. The highest BCUT2D eigenvalue weighted by atomic mass is 32.1. The zero-order chi connectivity index (χ0) is 22.5. The molecular formula is C22H30N4O5S. The van der Waals surface area contributed by atoms with Gasteiger partial charge in [-0.1, -0.05) is 11.3 Å². The van der Waals surface area contributed by atoms with E-state index < -0.39 is 0 Å². The van der Waals surface area contributed by atoms with Crippen molar-refractivity contribution in [2.45, 2.75) is 18.9 Å². The van der Waals surface area contributed by atoms with Gasteiger partial charge in [-0.15, -0.1) is 0 Å². The second-order valence-electron chi connectivity index (χ2n) is 7.74. The third-order valence-corrected chi connectivity index (χ3v) is 6.99. The van der Waals surface area contributed by atoms with E-state index in [2.05, 4.69) is 20.1 Å². The minimum atomic E-state index is -0.216. The van der Waals surface area contributed by atoms with E-state index >= 15 is 0 Å². The molecule has 9 nitrogen and oxygen atoms in total. The van der Waals surface area contributed by atoms with Crippen molar-refractivity contribution in [2.75, 3.05) is 70.9 Å². The van der Waals surface area contributed by atoms with E-state index in [1.807, 2.05) is 0 Å². The Hall–Kier alpha value is -2.56. The normalized spacial score (nSPS) is 17.8. The van der Waals surface area contributed by atoms with Crippen molar-refractivity contribution in [1.82, 2.24) is 9.88 Å². The van der Waals surface area contributed by atoms with Gasteiger partial charge in [-0.05, 0) is 12.8 Å². The quantitative estimate of drug-likeness (QED) is 0.672. The van der Waals surface area contributed by atoms with E-state index in [9.17, 15) is 4.79 Å². The van der Waals surface area contributed by atoms with Gasteiger partial charge in [0.2, 0.25) is 5.75 Å². The maximum atomic E-state index is 12.8. The lowest BCUT2D eigenvalue weighted by Gasteiger charge is -2.40. The van der Waals surface area contributed by atoms with Gasteiger partial charge in [0.25, 0.3) is 5.91 Å². The monoisotopic (exact) mass is 462 g/mol. The first-order valence-corrected chi connectivity index (χ1v) is 11.6. The minimum Gasteiger partial charge on any atom is -0.493 e. The summed E-state index contributed by atoms with van der Waals surface area (Å²) >= 11 is 1.41. The summed E-state index contributed by atoms with van der Waals surface area (Å²) in [5.74, 6) is 1.23. The number of nitrogens with zero attached hydrogens (tertiary/aromatic N) is 3. The van der Waals surface area contributed by atoms with Gasteiger partial charge in [-0.25, -0.2) is 4.98 Å². The van der Waals surface area contributed by atoms with Crippen LogP contribution in [-0.4, -0.2) is 82.6 Å². The fourth-order valence-electron chi connectivity index (χ4n) is 4.23. The molecule has 174 valence electrons. The SMILES string of the molecule is COc1cc(NC(=O)c2cnc(N3CCC(N4CCOCC4)CC3)s2)cc(OC)c1OC. The predicted octanol–water partition coefficient (Wildman–Crippen LogP) is 2.72. The number of thiazole rings is 1. The van der Waals surface area contributed by atoms with Crippen LogP contribution in [0.15, 0.2) is 18.3 Å². The number of rotatable bonds is 7. The highest BCUT2D eigenvalue weighted by Gasteiger charge is 2.27. The molecule has 32 heavy (non-hydrogen) atoms. The molecule has 3 heterocycles. The van der Waals surface area contributed by atoms with Crippen LogP contribution in [0.5, 0.6) is 17.2 Å². The molecule has 1 amide bonds. The topological polar surface area (TPSA) is 85.4 Å². The zero-order valence-electron chi connectivity index (χ0n) is 18.8. The van der Waals surface area contributed by atoms with Crippen LogP contribution in [0.2, 0.25) is 0 Å². The van der Waals surface area contributed by atoms with Crippen LogP contribution in [0.3, 0.4) is 0 Å². The van der Waals surface area contributed by atoms with Gasteiger partial charge < -0.3 is 29.2 Å². The van der Waals surface area contributed by atoms with E-state index in [0.717, 1.165) is 57.4 Å². The third-order valence-electron chi connectivity index (χ3n) is 5.94. The van der Waals surface area contributed by atoms with E-state index in [0.29, 0.717) is 33.9 Å². The number of methoxy groups -OCH3 is 3. The van der Waals surface area contributed by atoms with Gasteiger partial charge in [0.05, 0.1) is 40.7 Å². The Bertz CT molecular complexity index is 898. The van der Waals surface area contributed by atoms with Crippen LogP contribution in [0, 0.1) is 0 Å². The molecule has 0 spiro atoms. The van der Waals surface area contributed by atoms with Gasteiger partial charge in [0.15, 0.2) is 16.6 Å². The fraction of sp³-hybridized carbons (Fsp3) is 0.545. The number of aromatic nitrogens is 1. The zero-order valence-corrected chi connectivity index (χ0v) is 19.6. The molecule has 0 unspecified atom stereocenters. The number of anilines is 2. The van der Waals surface area contributed by atoms with Crippen LogP contribution >= 0.6 is 11.3 Å². The molecule has 2 aliphatic heterocycles. The average molecular weight is 463 g/mol. The molecule has 0 aliphatic carbocycles. The second kappa shape index (κ2) is 10.4. The van der Waals surface area contributed by atoms with Crippen molar-refractivity contribution >= 4 is 28.1 Å². The molecule has 0 radical (unpaired) electrons. The second-order valence-corrected chi connectivity index (χ2v) is 8.75. The summed E-state index contributed by atoms with van der Waals surface area (Å²) in [6.07, 6.45) is 3.85. The standard InChI is InChI=1S/C22H30N4O5S/c1-28-17-12-15(13-18(29-2)20(17)30-3)24-21(27)19-14-23-22(32-19)26-6-4-16(5-7-26)25-8-10-31-11-9-25/h12-14,16H,4-11H2,1-3H3,(H,24,27). The molecule has 1 N–H and O–H groups in total.